The number of hydrogen-bond donors (Lipinski definition) is 2. The molecule has 2 aromatic heterocycles. The Morgan fingerprint density at radius 3 is 2.69 bits per heavy atom. The minimum absolute atomic E-state index is 0.120. The summed E-state index contributed by atoms with van der Waals surface area (Å²) in [5.74, 6) is 2.18. The second kappa shape index (κ2) is 8.96. The van der Waals surface area contributed by atoms with Gasteiger partial charge in [-0.15, -0.1) is 5.10 Å². The second-order valence-corrected chi connectivity index (χ2v) is 7.70. The number of carbonyl (C=O) groups is 1. The van der Waals surface area contributed by atoms with Crippen molar-refractivity contribution in [3.63, 3.8) is 0 Å². The standard InChI is InChI=1S/C22H23N9O/c32-22(23-14-19-25-28-29-31(19)18-11-5-2-6-12-18)30-13-7-10-17(15-30)21-24-20(26-27-21)16-8-3-1-4-9-16/h1-6,8-9,11-12,17H,7,10,13-15H2,(H,23,32)(H,24,26,27). The zero-order valence-corrected chi connectivity index (χ0v) is 17.4. The Morgan fingerprint density at radius 2 is 1.88 bits per heavy atom. The number of aromatic nitrogens is 7. The number of urea groups is 1. The largest absolute Gasteiger partial charge is 0.331 e. The third kappa shape index (κ3) is 4.20. The molecule has 4 aromatic rings. The van der Waals surface area contributed by atoms with Gasteiger partial charge in [-0.05, 0) is 35.4 Å². The molecule has 1 saturated heterocycles. The van der Waals surface area contributed by atoms with Crippen molar-refractivity contribution < 1.29 is 4.79 Å². The summed E-state index contributed by atoms with van der Waals surface area (Å²) in [5, 5.41) is 22.2. The molecule has 0 spiro atoms. The lowest BCUT2D eigenvalue weighted by Crippen LogP contribution is -2.45. The number of likely N-dealkylation sites (tertiary alicyclic amines) is 1. The van der Waals surface area contributed by atoms with Gasteiger partial charge >= 0.3 is 6.03 Å². The lowest BCUT2D eigenvalue weighted by Gasteiger charge is -2.31. The lowest BCUT2D eigenvalue weighted by molar-refractivity contribution is 0.177. The predicted octanol–water partition coefficient (Wildman–Crippen LogP) is 2.54. The number of aromatic amines is 1. The molecule has 1 unspecified atom stereocenters. The van der Waals surface area contributed by atoms with E-state index in [-0.39, 0.29) is 18.5 Å². The first-order valence-electron chi connectivity index (χ1n) is 10.6. The van der Waals surface area contributed by atoms with E-state index in [0.717, 1.165) is 29.9 Å². The first-order chi connectivity index (χ1) is 15.8. The van der Waals surface area contributed by atoms with Gasteiger partial charge in [0.15, 0.2) is 11.6 Å². The Hall–Kier alpha value is -4.08. The van der Waals surface area contributed by atoms with Crippen LogP contribution in [0, 0.1) is 0 Å². The van der Waals surface area contributed by atoms with Crippen molar-refractivity contribution in [1.82, 2.24) is 45.6 Å². The zero-order chi connectivity index (χ0) is 21.8. The summed E-state index contributed by atoms with van der Waals surface area (Å²) < 4.78 is 1.62. The van der Waals surface area contributed by atoms with Crippen molar-refractivity contribution in [2.75, 3.05) is 13.1 Å². The normalized spacial score (nSPS) is 16.1. The number of amides is 2. The van der Waals surface area contributed by atoms with Gasteiger partial charge in [-0.1, -0.05) is 48.5 Å². The lowest BCUT2D eigenvalue weighted by atomic mass is 9.97. The monoisotopic (exact) mass is 429 g/mol. The van der Waals surface area contributed by atoms with E-state index >= 15 is 0 Å². The number of carbonyl (C=O) groups excluding carboxylic acids is 1. The molecule has 2 aromatic carbocycles. The van der Waals surface area contributed by atoms with Crippen molar-refractivity contribution in [2.24, 2.45) is 0 Å². The van der Waals surface area contributed by atoms with Gasteiger partial charge in [0.05, 0.1) is 12.2 Å². The molecule has 32 heavy (non-hydrogen) atoms. The molecule has 0 saturated carbocycles. The van der Waals surface area contributed by atoms with Crippen molar-refractivity contribution in [3.8, 4) is 17.1 Å². The molecular weight excluding hydrogens is 406 g/mol. The van der Waals surface area contributed by atoms with Crippen LogP contribution in [0.3, 0.4) is 0 Å². The number of piperidine rings is 1. The summed E-state index contributed by atoms with van der Waals surface area (Å²) in [6.45, 7) is 1.52. The Labute approximate surface area is 184 Å². The first kappa shape index (κ1) is 19.9. The van der Waals surface area contributed by atoms with Crippen LogP contribution in [0.4, 0.5) is 4.79 Å². The fraction of sp³-hybridized carbons (Fsp3) is 0.273. The third-order valence-electron chi connectivity index (χ3n) is 5.56. The fourth-order valence-corrected chi connectivity index (χ4v) is 3.91. The Balaban J connectivity index is 1.22. The number of nitrogens with one attached hydrogen (secondary N) is 2. The van der Waals surface area contributed by atoms with E-state index in [4.69, 9.17) is 0 Å². The van der Waals surface area contributed by atoms with Gasteiger partial charge in [-0.2, -0.15) is 9.78 Å². The van der Waals surface area contributed by atoms with Crippen LogP contribution in [0.15, 0.2) is 60.7 Å². The van der Waals surface area contributed by atoms with Crippen molar-refractivity contribution >= 4 is 6.03 Å². The molecular formula is C22H23N9O. The first-order valence-corrected chi connectivity index (χ1v) is 10.6. The average Bonchev–Trinajstić information content (AvgIpc) is 3.54. The third-order valence-corrected chi connectivity index (χ3v) is 5.56. The Bertz CT molecular complexity index is 1170. The molecule has 10 heteroatoms. The minimum atomic E-state index is -0.139. The summed E-state index contributed by atoms with van der Waals surface area (Å²) in [6.07, 6.45) is 1.86. The number of H-pyrrole nitrogens is 1. The van der Waals surface area contributed by atoms with E-state index in [9.17, 15) is 4.79 Å². The highest BCUT2D eigenvalue weighted by molar-refractivity contribution is 5.74. The molecule has 1 atom stereocenters. The van der Waals surface area contributed by atoms with Gasteiger partial charge in [0, 0.05) is 24.6 Å². The van der Waals surface area contributed by atoms with E-state index in [1.807, 2.05) is 65.6 Å². The van der Waals surface area contributed by atoms with Crippen LogP contribution in [0.1, 0.15) is 30.4 Å². The molecule has 1 fully saturated rings. The van der Waals surface area contributed by atoms with Crippen LogP contribution in [0.2, 0.25) is 0 Å². The number of benzene rings is 2. The van der Waals surface area contributed by atoms with E-state index in [2.05, 4.69) is 36.0 Å². The molecule has 5 rings (SSSR count). The molecule has 0 aliphatic carbocycles. The van der Waals surface area contributed by atoms with Crippen LogP contribution in [0.25, 0.3) is 17.1 Å². The highest BCUT2D eigenvalue weighted by Crippen LogP contribution is 2.26. The maximum absolute atomic E-state index is 12.8. The SMILES string of the molecule is O=C(NCc1nnnn1-c1ccccc1)N1CCCC(c2nc(-c3ccccc3)n[nH]2)C1. The number of para-hydroxylation sites is 1. The molecule has 162 valence electrons. The van der Waals surface area contributed by atoms with Crippen LogP contribution < -0.4 is 5.32 Å². The maximum Gasteiger partial charge on any atom is 0.317 e. The summed E-state index contributed by atoms with van der Waals surface area (Å²) in [4.78, 5) is 19.3. The van der Waals surface area contributed by atoms with Crippen LogP contribution >= 0.6 is 0 Å². The van der Waals surface area contributed by atoms with E-state index in [0.29, 0.717) is 24.7 Å². The summed E-state index contributed by atoms with van der Waals surface area (Å²) in [5.41, 5.74) is 1.82. The predicted molar refractivity (Wildman–Crippen MR) is 117 cm³/mol. The molecule has 3 heterocycles. The van der Waals surface area contributed by atoms with E-state index in [1.54, 1.807) is 4.68 Å². The van der Waals surface area contributed by atoms with E-state index < -0.39 is 0 Å². The van der Waals surface area contributed by atoms with E-state index in [1.165, 1.54) is 0 Å². The molecule has 0 bridgehead atoms. The molecule has 2 N–H and O–H groups in total. The minimum Gasteiger partial charge on any atom is -0.331 e. The summed E-state index contributed by atoms with van der Waals surface area (Å²) in [7, 11) is 0. The second-order valence-electron chi connectivity index (χ2n) is 7.70. The molecule has 0 radical (unpaired) electrons. The van der Waals surface area contributed by atoms with Crippen molar-refractivity contribution in [2.45, 2.75) is 25.3 Å². The van der Waals surface area contributed by atoms with Gasteiger partial charge in [0.2, 0.25) is 0 Å². The Kier molecular flexibility index (Phi) is 5.56. The molecule has 2 amide bonds. The average molecular weight is 429 g/mol. The number of hydrogen-bond acceptors (Lipinski definition) is 6. The molecule has 1 aliphatic rings. The molecule has 10 nitrogen and oxygen atoms in total. The van der Waals surface area contributed by atoms with Gasteiger partial charge in [-0.25, -0.2) is 9.78 Å². The van der Waals surface area contributed by atoms with Crippen LogP contribution in [-0.2, 0) is 6.54 Å². The fourth-order valence-electron chi connectivity index (χ4n) is 3.91. The summed E-state index contributed by atoms with van der Waals surface area (Å²) >= 11 is 0. The number of rotatable bonds is 5. The zero-order valence-electron chi connectivity index (χ0n) is 17.4. The smallest absolute Gasteiger partial charge is 0.317 e. The Morgan fingerprint density at radius 1 is 1.09 bits per heavy atom. The highest BCUT2D eigenvalue weighted by atomic mass is 16.2. The van der Waals surface area contributed by atoms with Crippen LogP contribution in [0.5, 0.6) is 0 Å². The van der Waals surface area contributed by atoms with Gasteiger partial charge in [0.1, 0.15) is 5.82 Å². The number of nitrogens with zero attached hydrogens (tertiary/aromatic N) is 7. The quantitative estimate of drug-likeness (QED) is 0.503. The van der Waals surface area contributed by atoms with Gasteiger partial charge in [-0.3, -0.25) is 5.10 Å². The van der Waals surface area contributed by atoms with Crippen molar-refractivity contribution in [1.29, 1.82) is 0 Å². The molecule has 1 aliphatic heterocycles. The highest BCUT2D eigenvalue weighted by Gasteiger charge is 2.27. The summed E-state index contributed by atoms with van der Waals surface area (Å²) in [6, 6.07) is 19.3. The van der Waals surface area contributed by atoms with Crippen molar-refractivity contribution in [3.05, 3.63) is 72.3 Å². The van der Waals surface area contributed by atoms with Gasteiger partial charge in [0.25, 0.3) is 0 Å². The number of tetrazole rings is 1. The topological polar surface area (TPSA) is 118 Å². The maximum atomic E-state index is 12.8. The van der Waals surface area contributed by atoms with Crippen LogP contribution in [-0.4, -0.2) is 59.4 Å². The van der Waals surface area contributed by atoms with Gasteiger partial charge < -0.3 is 10.2 Å².